The minimum atomic E-state index is -4.66. The number of nitrogens with zero attached hydrogens (tertiary/aromatic N) is 3. The van der Waals surface area contributed by atoms with Gasteiger partial charge in [-0.1, -0.05) is 12.1 Å². The van der Waals surface area contributed by atoms with Gasteiger partial charge in [0.1, 0.15) is 5.39 Å². The molecule has 2 aromatic heterocycles. The van der Waals surface area contributed by atoms with E-state index in [2.05, 4.69) is 10.1 Å². The first kappa shape index (κ1) is 19.7. The van der Waals surface area contributed by atoms with Crippen molar-refractivity contribution >= 4 is 11.0 Å². The molecule has 6 nitrogen and oxygen atoms in total. The van der Waals surface area contributed by atoms with Crippen LogP contribution in [0.5, 0.6) is 6.01 Å². The molecule has 2 N–H and O–H groups in total. The molecule has 0 bridgehead atoms. The van der Waals surface area contributed by atoms with Gasteiger partial charge in [0.2, 0.25) is 0 Å². The van der Waals surface area contributed by atoms with Gasteiger partial charge in [-0.2, -0.15) is 36.4 Å². The number of nitrogens with one attached hydrogen (secondary N) is 1. The van der Waals surface area contributed by atoms with Crippen molar-refractivity contribution in [3.8, 4) is 6.01 Å². The lowest BCUT2D eigenvalue weighted by molar-refractivity contribution is -0.137. The highest BCUT2D eigenvalue weighted by atomic mass is 19.4. The van der Waals surface area contributed by atoms with E-state index in [1.807, 2.05) is 4.98 Å². The van der Waals surface area contributed by atoms with Crippen molar-refractivity contribution in [2.45, 2.75) is 31.7 Å². The Hall–Kier alpha value is -3.05. The summed E-state index contributed by atoms with van der Waals surface area (Å²) >= 11 is 0. The van der Waals surface area contributed by atoms with Crippen molar-refractivity contribution in [2.24, 2.45) is 0 Å². The maximum atomic E-state index is 12.8. The highest BCUT2D eigenvalue weighted by Gasteiger charge is 2.33. The number of aromatic hydroxyl groups is 1. The molecule has 3 rings (SSSR count). The van der Waals surface area contributed by atoms with Crippen LogP contribution in [0.1, 0.15) is 29.8 Å². The lowest BCUT2D eigenvalue weighted by atomic mass is 10.1. The average molecular weight is 406 g/mol. The van der Waals surface area contributed by atoms with Crippen LogP contribution < -0.4 is 5.56 Å². The zero-order chi connectivity index (χ0) is 20.9. The molecule has 0 unspecified atom stereocenters. The van der Waals surface area contributed by atoms with Crippen LogP contribution in [-0.2, 0) is 12.6 Å². The van der Waals surface area contributed by atoms with Crippen LogP contribution in [0.25, 0.3) is 11.0 Å². The number of hydrogen-bond acceptors (Lipinski definition) is 4. The molecular formula is C16H12F6N4O2. The summed E-state index contributed by atoms with van der Waals surface area (Å²) in [6, 6.07) is 2.27. The third-order valence-electron chi connectivity index (χ3n) is 4.08. The fraction of sp³-hybridized carbons (Fsp3) is 0.312. The first-order chi connectivity index (χ1) is 12.9. The van der Waals surface area contributed by atoms with Gasteiger partial charge in [0.25, 0.3) is 11.6 Å². The normalized spacial score (nSPS) is 13.8. The number of aromatic amines is 1. The predicted molar refractivity (Wildman–Crippen MR) is 84.8 cm³/mol. The Morgan fingerprint density at radius 3 is 2.29 bits per heavy atom. The number of H-pyrrole nitrogens is 1. The molecule has 3 aromatic rings. The second kappa shape index (κ2) is 6.53. The molecule has 0 aliphatic heterocycles. The molecule has 0 amide bonds. The van der Waals surface area contributed by atoms with E-state index in [0.29, 0.717) is 0 Å². The maximum Gasteiger partial charge on any atom is 0.416 e. The molecule has 0 saturated heterocycles. The molecule has 12 heteroatoms. The standard InChI is InChI=1S/C16H12F6N4O2/c1-7(8-2-4-9(5-3-8)16(20,21)22)26-12-11(13(27)24-14(28)23-12)10(25-26)6-15(17,18)19/h2-5,7H,6H2,1H3,(H2,23,24,27,28)/t7-/m0/s1. The monoisotopic (exact) mass is 406 g/mol. The van der Waals surface area contributed by atoms with E-state index in [0.717, 1.165) is 28.9 Å². The van der Waals surface area contributed by atoms with E-state index < -0.39 is 53.0 Å². The summed E-state index contributed by atoms with van der Waals surface area (Å²) in [5.74, 6) is 0. The zero-order valence-electron chi connectivity index (χ0n) is 14.1. The van der Waals surface area contributed by atoms with Crippen LogP contribution in [0.4, 0.5) is 26.3 Å². The van der Waals surface area contributed by atoms with Crippen molar-refractivity contribution in [3.63, 3.8) is 0 Å². The van der Waals surface area contributed by atoms with Gasteiger partial charge < -0.3 is 5.11 Å². The van der Waals surface area contributed by atoms with Crippen LogP contribution >= 0.6 is 0 Å². The van der Waals surface area contributed by atoms with E-state index in [4.69, 9.17) is 0 Å². The molecule has 0 fully saturated rings. The summed E-state index contributed by atoms with van der Waals surface area (Å²) in [5.41, 5.74) is -2.52. The molecule has 1 aromatic carbocycles. The van der Waals surface area contributed by atoms with Crippen LogP contribution in [0.15, 0.2) is 29.1 Å². The van der Waals surface area contributed by atoms with Crippen molar-refractivity contribution in [1.29, 1.82) is 0 Å². The van der Waals surface area contributed by atoms with Crippen LogP contribution in [-0.4, -0.2) is 31.0 Å². The van der Waals surface area contributed by atoms with E-state index in [9.17, 15) is 36.2 Å². The summed E-state index contributed by atoms with van der Waals surface area (Å²) in [6.45, 7) is 1.46. The summed E-state index contributed by atoms with van der Waals surface area (Å²) in [5, 5.41) is 12.9. The molecule has 1 atom stereocenters. The van der Waals surface area contributed by atoms with E-state index in [1.165, 1.54) is 6.92 Å². The van der Waals surface area contributed by atoms with Gasteiger partial charge >= 0.3 is 12.4 Å². The third kappa shape index (κ3) is 3.80. The zero-order valence-corrected chi connectivity index (χ0v) is 14.1. The SMILES string of the molecule is C[C@@H](c1ccc(C(F)(F)F)cc1)n1nc(CC(F)(F)F)c2c(=O)[nH]c(O)nc21. The molecule has 0 spiro atoms. The van der Waals surface area contributed by atoms with Crippen molar-refractivity contribution < 1.29 is 31.4 Å². The van der Waals surface area contributed by atoms with Gasteiger partial charge in [-0.05, 0) is 24.6 Å². The van der Waals surface area contributed by atoms with Crippen molar-refractivity contribution in [2.75, 3.05) is 0 Å². The molecule has 150 valence electrons. The number of fused-ring (bicyclic) bond motifs is 1. The van der Waals surface area contributed by atoms with E-state index >= 15 is 0 Å². The summed E-state index contributed by atoms with van der Waals surface area (Å²) < 4.78 is 77.6. The Morgan fingerprint density at radius 2 is 1.75 bits per heavy atom. The summed E-state index contributed by atoms with van der Waals surface area (Å²) in [4.78, 5) is 17.6. The van der Waals surface area contributed by atoms with E-state index in [-0.39, 0.29) is 11.2 Å². The summed E-state index contributed by atoms with van der Waals surface area (Å²) in [7, 11) is 0. The van der Waals surface area contributed by atoms with Gasteiger partial charge in [-0.15, -0.1) is 0 Å². The topological polar surface area (TPSA) is 83.8 Å². The van der Waals surface area contributed by atoms with Crippen LogP contribution in [0.3, 0.4) is 0 Å². The molecule has 0 aliphatic rings. The van der Waals surface area contributed by atoms with Gasteiger partial charge in [-0.25, -0.2) is 4.68 Å². The molecule has 0 aliphatic carbocycles. The van der Waals surface area contributed by atoms with Gasteiger partial charge in [0.05, 0.1) is 23.7 Å². The third-order valence-corrected chi connectivity index (χ3v) is 4.08. The lowest BCUT2D eigenvalue weighted by Crippen LogP contribution is -2.15. The van der Waals surface area contributed by atoms with Crippen LogP contribution in [0, 0.1) is 0 Å². The Labute approximate surface area is 152 Å². The second-order valence-electron chi connectivity index (χ2n) is 6.07. The first-order valence-electron chi connectivity index (χ1n) is 7.81. The second-order valence-corrected chi connectivity index (χ2v) is 6.07. The Morgan fingerprint density at radius 1 is 1.14 bits per heavy atom. The number of rotatable bonds is 3. The predicted octanol–water partition coefficient (Wildman–Crippen LogP) is 3.56. The first-order valence-corrected chi connectivity index (χ1v) is 7.81. The number of benzene rings is 1. The van der Waals surface area contributed by atoms with E-state index in [1.54, 1.807) is 0 Å². The molecule has 28 heavy (non-hydrogen) atoms. The fourth-order valence-corrected chi connectivity index (χ4v) is 2.78. The molecule has 0 saturated carbocycles. The van der Waals surface area contributed by atoms with Crippen molar-refractivity contribution in [1.82, 2.24) is 19.7 Å². The Bertz CT molecular complexity index is 1070. The van der Waals surface area contributed by atoms with Crippen LogP contribution in [0.2, 0.25) is 0 Å². The minimum Gasteiger partial charge on any atom is -0.480 e. The highest BCUT2D eigenvalue weighted by Crippen LogP contribution is 2.32. The number of halogens is 6. The number of alkyl halides is 6. The molecule has 0 radical (unpaired) electrons. The summed E-state index contributed by atoms with van der Waals surface area (Å²) in [6.07, 6.45) is -10.7. The Kier molecular flexibility index (Phi) is 4.60. The van der Waals surface area contributed by atoms with Crippen molar-refractivity contribution in [3.05, 3.63) is 51.4 Å². The maximum absolute atomic E-state index is 12.8. The van der Waals surface area contributed by atoms with Gasteiger partial charge in [0.15, 0.2) is 5.65 Å². The average Bonchev–Trinajstić information content (AvgIpc) is 2.90. The molecular weight excluding hydrogens is 394 g/mol. The Balaban J connectivity index is 2.13. The number of hydrogen-bond donors (Lipinski definition) is 2. The fourth-order valence-electron chi connectivity index (χ4n) is 2.78. The largest absolute Gasteiger partial charge is 0.480 e. The lowest BCUT2D eigenvalue weighted by Gasteiger charge is -2.15. The van der Waals surface area contributed by atoms with Gasteiger partial charge in [-0.3, -0.25) is 9.78 Å². The quantitative estimate of drug-likeness (QED) is 0.652. The molecule has 2 heterocycles. The highest BCUT2D eigenvalue weighted by molar-refractivity contribution is 5.78. The number of aromatic nitrogens is 4. The smallest absolute Gasteiger partial charge is 0.416 e. The minimum absolute atomic E-state index is 0.289. The van der Waals surface area contributed by atoms with Gasteiger partial charge in [0, 0.05) is 0 Å².